The largest absolute Gasteiger partial charge is 0.464 e. The van der Waals surface area contributed by atoms with Gasteiger partial charge in [0.1, 0.15) is 13.2 Å². The molecule has 1 fully saturated rings. The highest BCUT2D eigenvalue weighted by Crippen LogP contribution is 2.20. The molecule has 0 unspecified atom stereocenters. The number of esters is 2. The third-order valence-electron chi connectivity index (χ3n) is 11.4. The average Bonchev–Trinajstić information content (AvgIpc) is 3.25. The van der Waals surface area contributed by atoms with Crippen molar-refractivity contribution in [2.45, 2.75) is 194 Å². The number of carbonyl (C=O) groups is 2. The molecule has 1 rings (SSSR count). The zero-order valence-corrected chi connectivity index (χ0v) is 41.0. The van der Waals surface area contributed by atoms with Crippen LogP contribution in [0.2, 0.25) is 0 Å². The van der Waals surface area contributed by atoms with Gasteiger partial charge in [-0.3, -0.25) is 19.4 Å². The van der Waals surface area contributed by atoms with E-state index in [1.807, 2.05) is 21.6 Å². The summed E-state index contributed by atoms with van der Waals surface area (Å²) in [6.07, 6.45) is 43.6. The van der Waals surface area contributed by atoms with Crippen molar-refractivity contribution in [3.63, 3.8) is 0 Å². The molecule has 0 radical (unpaired) electrons. The van der Waals surface area contributed by atoms with Gasteiger partial charge in [0, 0.05) is 89.8 Å². The number of hydrogen-bond acceptors (Lipinski definition) is 10. The first-order chi connectivity index (χ1) is 29.7. The van der Waals surface area contributed by atoms with Crippen molar-refractivity contribution in [2.24, 2.45) is 0 Å². The number of carbonyl (C=O) groups excluding carboxylic acids is 2. The Labute approximate surface area is 379 Å². The van der Waals surface area contributed by atoms with Gasteiger partial charge in [-0.25, -0.2) is 0 Å². The summed E-state index contributed by atoms with van der Waals surface area (Å²) in [5, 5.41) is 6.86. The molecule has 0 aromatic heterocycles. The van der Waals surface area contributed by atoms with Crippen LogP contribution in [0.15, 0.2) is 24.3 Å². The molecule has 1 aliphatic rings. The van der Waals surface area contributed by atoms with Crippen LogP contribution in [0.1, 0.15) is 194 Å². The first kappa shape index (κ1) is 57.0. The predicted octanol–water partition coefficient (Wildman–Crippen LogP) is 12.3. The summed E-state index contributed by atoms with van der Waals surface area (Å²) in [4.78, 5) is 29.2. The second-order valence-corrected chi connectivity index (χ2v) is 19.6. The summed E-state index contributed by atoms with van der Waals surface area (Å²) >= 11 is 0. The van der Waals surface area contributed by atoms with E-state index in [-0.39, 0.29) is 11.9 Å². The van der Waals surface area contributed by atoms with E-state index in [0.29, 0.717) is 32.6 Å². The molecular formula is C50H96N4O4S2. The third kappa shape index (κ3) is 42.3. The number of unbranched alkanes of at least 4 members (excludes halogenated alkanes) is 22. The molecule has 1 aliphatic heterocycles. The minimum Gasteiger partial charge on any atom is -0.464 e. The van der Waals surface area contributed by atoms with E-state index in [2.05, 4.69) is 58.6 Å². The van der Waals surface area contributed by atoms with Gasteiger partial charge in [-0.05, 0) is 64.2 Å². The molecule has 352 valence electrons. The minimum atomic E-state index is -0.0572. The quantitative estimate of drug-likeness (QED) is 0.0267. The van der Waals surface area contributed by atoms with Crippen LogP contribution in [0.3, 0.4) is 0 Å². The Morgan fingerprint density at radius 1 is 0.450 bits per heavy atom. The summed E-state index contributed by atoms with van der Waals surface area (Å²) in [6, 6.07) is 0. The highest BCUT2D eigenvalue weighted by Gasteiger charge is 2.16. The van der Waals surface area contributed by atoms with Crippen LogP contribution < -0.4 is 10.6 Å². The van der Waals surface area contributed by atoms with Crippen LogP contribution in [0.4, 0.5) is 0 Å². The molecule has 0 aromatic carbocycles. The Bertz CT molecular complexity index is 980. The van der Waals surface area contributed by atoms with Crippen molar-refractivity contribution in [2.75, 3.05) is 90.2 Å². The Hall–Kier alpha value is -1.04. The second-order valence-electron chi connectivity index (χ2n) is 16.9. The molecule has 0 amide bonds. The van der Waals surface area contributed by atoms with Crippen LogP contribution in [-0.2, 0) is 19.1 Å². The first-order valence-corrected chi connectivity index (χ1v) is 27.9. The predicted molar refractivity (Wildman–Crippen MR) is 264 cm³/mol. The highest BCUT2D eigenvalue weighted by molar-refractivity contribution is 8.76. The van der Waals surface area contributed by atoms with E-state index >= 15 is 0 Å². The van der Waals surface area contributed by atoms with Crippen molar-refractivity contribution in [3.8, 4) is 0 Å². The van der Waals surface area contributed by atoms with Crippen molar-refractivity contribution in [3.05, 3.63) is 24.3 Å². The van der Waals surface area contributed by atoms with Gasteiger partial charge in [0.25, 0.3) is 0 Å². The standard InChI is InChI=1S/C50H96N4O4S2/c1-3-5-7-9-11-13-15-17-19-21-23-25-27-29-31-33-49(55)57-45-37-51-35-36-52-38-47-59-60-48-44-54-41-39-53(40-42-54)43-46-58-50(56)34-32-30-28-26-24-22-20-18-16-14-12-10-8-6-4-2/h17-20,51-52H,3-16,21-48H2,1-2H3/b19-17-,20-18-. The van der Waals surface area contributed by atoms with Crippen LogP contribution >= 0.6 is 21.6 Å². The second kappa shape index (κ2) is 47.4. The fraction of sp³-hybridized carbons (Fsp3) is 0.880. The number of nitrogens with zero attached hydrogens (tertiary/aromatic N) is 2. The third-order valence-corrected chi connectivity index (χ3v) is 13.8. The van der Waals surface area contributed by atoms with E-state index in [4.69, 9.17) is 9.47 Å². The summed E-state index contributed by atoms with van der Waals surface area (Å²) in [5.74, 6) is 2.16. The average molecular weight is 881 g/mol. The lowest BCUT2D eigenvalue weighted by atomic mass is 10.1. The molecule has 8 nitrogen and oxygen atoms in total. The van der Waals surface area contributed by atoms with Crippen LogP contribution in [0, 0.1) is 0 Å². The van der Waals surface area contributed by atoms with Gasteiger partial charge in [0.05, 0.1) is 0 Å². The lowest BCUT2D eigenvalue weighted by Gasteiger charge is -2.34. The zero-order chi connectivity index (χ0) is 43.1. The first-order valence-electron chi connectivity index (χ1n) is 25.4. The van der Waals surface area contributed by atoms with Crippen LogP contribution in [0.25, 0.3) is 0 Å². The molecule has 0 saturated carbocycles. The van der Waals surface area contributed by atoms with E-state index in [1.54, 1.807) is 0 Å². The molecule has 0 atom stereocenters. The number of hydrogen-bond donors (Lipinski definition) is 2. The fourth-order valence-electron chi connectivity index (χ4n) is 7.41. The summed E-state index contributed by atoms with van der Waals surface area (Å²) in [5.41, 5.74) is 0. The van der Waals surface area contributed by atoms with Gasteiger partial charge >= 0.3 is 11.9 Å². The number of rotatable bonds is 46. The van der Waals surface area contributed by atoms with Gasteiger partial charge in [0.2, 0.25) is 0 Å². The zero-order valence-electron chi connectivity index (χ0n) is 39.4. The van der Waals surface area contributed by atoms with Gasteiger partial charge < -0.3 is 20.1 Å². The molecular weight excluding hydrogens is 785 g/mol. The molecule has 0 aromatic rings. The molecule has 2 N–H and O–H groups in total. The Morgan fingerprint density at radius 2 is 0.833 bits per heavy atom. The molecule has 1 saturated heterocycles. The minimum absolute atomic E-state index is 0.0264. The van der Waals surface area contributed by atoms with Crippen molar-refractivity contribution in [1.82, 2.24) is 20.4 Å². The number of allylic oxidation sites excluding steroid dienone is 4. The van der Waals surface area contributed by atoms with Crippen LogP contribution in [0.5, 0.6) is 0 Å². The number of nitrogens with one attached hydrogen (secondary N) is 2. The van der Waals surface area contributed by atoms with E-state index in [9.17, 15) is 9.59 Å². The van der Waals surface area contributed by atoms with Crippen molar-refractivity contribution < 1.29 is 19.1 Å². The maximum Gasteiger partial charge on any atom is 0.305 e. The summed E-state index contributed by atoms with van der Waals surface area (Å²) < 4.78 is 10.9. The Kier molecular flexibility index (Phi) is 45.0. The Morgan fingerprint density at radius 3 is 1.32 bits per heavy atom. The maximum absolute atomic E-state index is 12.2. The lowest BCUT2D eigenvalue weighted by molar-refractivity contribution is -0.145. The Balaban J connectivity index is 1.77. The molecule has 10 heteroatoms. The van der Waals surface area contributed by atoms with Gasteiger partial charge in [-0.2, -0.15) is 0 Å². The highest BCUT2D eigenvalue weighted by atomic mass is 33.1. The van der Waals surface area contributed by atoms with Gasteiger partial charge in [-0.15, -0.1) is 0 Å². The SMILES string of the molecule is CCCCCCCC/C=C\CCCCCCCC(=O)OCCNCCNCCSSCCN1CCN(CCOC(=O)CCCCCCC/C=C\CCCCCCCC)CC1. The number of piperazine rings is 1. The summed E-state index contributed by atoms with van der Waals surface area (Å²) in [6.45, 7) is 15.4. The normalized spacial score (nSPS) is 13.9. The number of ether oxygens (including phenoxy) is 2. The monoisotopic (exact) mass is 881 g/mol. The van der Waals surface area contributed by atoms with Crippen molar-refractivity contribution >= 4 is 33.5 Å². The van der Waals surface area contributed by atoms with Crippen molar-refractivity contribution in [1.29, 1.82) is 0 Å². The molecule has 1 heterocycles. The van der Waals surface area contributed by atoms with Gasteiger partial charge in [-0.1, -0.05) is 162 Å². The maximum atomic E-state index is 12.2. The van der Waals surface area contributed by atoms with E-state index < -0.39 is 0 Å². The van der Waals surface area contributed by atoms with E-state index in [1.165, 1.54) is 141 Å². The topological polar surface area (TPSA) is 83.1 Å². The molecule has 60 heavy (non-hydrogen) atoms. The fourth-order valence-corrected chi connectivity index (χ4v) is 9.39. The summed E-state index contributed by atoms with van der Waals surface area (Å²) in [7, 11) is 3.92. The molecule has 0 bridgehead atoms. The molecule has 0 aliphatic carbocycles. The smallest absolute Gasteiger partial charge is 0.305 e. The van der Waals surface area contributed by atoms with E-state index in [0.717, 1.165) is 96.1 Å². The van der Waals surface area contributed by atoms with Gasteiger partial charge in [0.15, 0.2) is 0 Å². The molecule has 0 spiro atoms. The lowest BCUT2D eigenvalue weighted by Crippen LogP contribution is -2.47. The van der Waals surface area contributed by atoms with Crippen LogP contribution in [-0.4, -0.2) is 112 Å².